The molecule has 0 saturated carbocycles. The maximum Gasteiger partial charge on any atom is 0.362 e. The molecular weight excluding hydrogens is 871 g/mol. The number of esters is 2. The molecule has 0 aromatic heterocycles. The van der Waals surface area contributed by atoms with E-state index in [0.29, 0.717) is 19.3 Å². The lowest BCUT2D eigenvalue weighted by Crippen LogP contribution is -2.50. The number of carboxylic acids is 1. The van der Waals surface area contributed by atoms with Gasteiger partial charge in [0.15, 0.2) is 12.1 Å². The number of rotatable bonds is 57. The topological polar surface area (TPSA) is 99.1 Å². The lowest BCUT2D eigenvalue weighted by atomic mass is 10.0. The zero-order chi connectivity index (χ0) is 51.3. The Morgan fingerprint density at radius 3 is 1.03 bits per heavy atom. The third-order valence-corrected chi connectivity index (χ3v) is 14.4. The molecule has 1 N–H and O–H groups in total. The van der Waals surface area contributed by atoms with Crippen LogP contribution in [0.4, 0.5) is 0 Å². The summed E-state index contributed by atoms with van der Waals surface area (Å²) >= 11 is 0. The second-order valence-electron chi connectivity index (χ2n) is 22.3. The van der Waals surface area contributed by atoms with Gasteiger partial charge < -0.3 is 23.8 Å². The number of carboxylic acid groups (broad SMARTS) is 1. The van der Waals surface area contributed by atoms with E-state index in [2.05, 4.69) is 26.0 Å². The fourth-order valence-electron chi connectivity index (χ4n) is 9.68. The number of carbonyl (C=O) groups is 3. The number of hydrogen-bond acceptors (Lipinski definition) is 6. The molecule has 0 aromatic rings. The average molecular weight is 992 g/mol. The van der Waals surface area contributed by atoms with E-state index < -0.39 is 18.1 Å². The number of carbonyl (C=O) groups excluding carboxylic acids is 2. The van der Waals surface area contributed by atoms with Gasteiger partial charge in [0.05, 0.1) is 34.4 Å². The molecule has 0 spiro atoms. The molecule has 0 radical (unpaired) electrons. The van der Waals surface area contributed by atoms with Gasteiger partial charge in [-0.1, -0.05) is 270 Å². The Kier molecular flexibility index (Phi) is 51.9. The molecule has 0 amide bonds. The lowest BCUT2D eigenvalue weighted by molar-refractivity contribution is -0.887. The van der Waals surface area contributed by atoms with Crippen molar-refractivity contribution in [3.63, 3.8) is 0 Å². The summed E-state index contributed by atoms with van der Waals surface area (Å²) < 4.78 is 17.5. The summed E-state index contributed by atoms with van der Waals surface area (Å²) in [5, 5.41) is 9.69. The van der Waals surface area contributed by atoms with Crippen LogP contribution < -0.4 is 0 Å². The van der Waals surface area contributed by atoms with Gasteiger partial charge in [-0.2, -0.15) is 0 Å². The fraction of sp³-hybridized carbons (Fsp3) is 0.919. The summed E-state index contributed by atoms with van der Waals surface area (Å²) in [5.41, 5.74) is 0. The summed E-state index contributed by atoms with van der Waals surface area (Å²) in [6.45, 7) is 4.81. The lowest BCUT2D eigenvalue weighted by Gasteiger charge is -2.31. The minimum atomic E-state index is -0.868. The first-order chi connectivity index (χ1) is 34.1. The van der Waals surface area contributed by atoms with Gasteiger partial charge in [-0.25, -0.2) is 4.79 Å². The molecule has 0 rings (SSSR count). The van der Waals surface area contributed by atoms with Gasteiger partial charge >= 0.3 is 17.9 Å². The molecule has 414 valence electrons. The van der Waals surface area contributed by atoms with Crippen LogP contribution in [0.25, 0.3) is 0 Å². The van der Waals surface area contributed by atoms with Crippen molar-refractivity contribution in [2.75, 3.05) is 41.0 Å². The summed E-state index contributed by atoms with van der Waals surface area (Å²) in [4.78, 5) is 37.3. The highest BCUT2D eigenvalue weighted by Gasteiger charge is 2.31. The zero-order valence-electron chi connectivity index (χ0n) is 47.5. The Morgan fingerprint density at radius 1 is 0.414 bits per heavy atom. The Balaban J connectivity index is 4.08. The van der Waals surface area contributed by atoms with Crippen molar-refractivity contribution < 1.29 is 38.2 Å². The summed E-state index contributed by atoms with van der Waals surface area (Å²) in [6.07, 6.45) is 62.9. The molecule has 0 aliphatic rings. The van der Waals surface area contributed by atoms with Crippen LogP contribution >= 0.6 is 0 Å². The van der Waals surface area contributed by atoms with Crippen LogP contribution in [0.15, 0.2) is 12.2 Å². The largest absolute Gasteiger partial charge is 0.477 e. The van der Waals surface area contributed by atoms with E-state index in [1.165, 1.54) is 244 Å². The van der Waals surface area contributed by atoms with Gasteiger partial charge in [0.1, 0.15) is 6.61 Å². The highest BCUT2D eigenvalue weighted by Crippen LogP contribution is 2.18. The maximum atomic E-state index is 12.9. The van der Waals surface area contributed by atoms with Crippen LogP contribution in [0.1, 0.15) is 316 Å². The second-order valence-corrected chi connectivity index (χ2v) is 22.3. The molecule has 0 heterocycles. The molecule has 0 aliphatic carbocycles. The number of nitrogens with zero attached hydrogens (tertiary/aromatic N) is 1. The van der Waals surface area contributed by atoms with Gasteiger partial charge in [0.25, 0.3) is 0 Å². The smallest absolute Gasteiger partial charge is 0.362 e. The van der Waals surface area contributed by atoms with E-state index in [1.807, 2.05) is 21.1 Å². The predicted molar refractivity (Wildman–Crippen MR) is 299 cm³/mol. The third kappa shape index (κ3) is 51.0. The molecule has 2 unspecified atom stereocenters. The molecule has 0 aromatic carbocycles. The molecule has 70 heavy (non-hydrogen) atoms. The molecule has 0 fully saturated rings. The SMILES string of the molecule is CCCCCCCCCC/C=C\CCCCCCCCCCCCCC(=O)OC(COCCC(C(=O)O)[N+](C)(C)C)COC(=O)CCCCCCCCCCCCCCCCCCCCCCCCC. The quantitative estimate of drug-likeness (QED) is 0.0280. The van der Waals surface area contributed by atoms with E-state index in [4.69, 9.17) is 14.2 Å². The summed E-state index contributed by atoms with van der Waals surface area (Å²) in [7, 11) is 5.56. The minimum Gasteiger partial charge on any atom is -0.477 e. The molecule has 0 bridgehead atoms. The number of quaternary nitrogens is 1. The first kappa shape index (κ1) is 68.1. The molecule has 2 atom stereocenters. The Labute approximate surface area is 435 Å². The number of likely N-dealkylation sites (N-methyl/N-ethyl adjacent to an activating group) is 1. The van der Waals surface area contributed by atoms with Crippen molar-refractivity contribution in [1.29, 1.82) is 0 Å². The van der Waals surface area contributed by atoms with Crippen molar-refractivity contribution in [1.82, 2.24) is 0 Å². The number of unbranched alkanes of at least 4 members (excludes halogenated alkanes) is 41. The number of aliphatic carboxylic acids is 1. The second kappa shape index (κ2) is 53.4. The summed E-state index contributed by atoms with van der Waals surface area (Å²) in [6, 6.07) is -0.612. The van der Waals surface area contributed by atoms with E-state index in [0.717, 1.165) is 38.5 Å². The van der Waals surface area contributed by atoms with Crippen LogP contribution in [-0.4, -0.2) is 80.6 Å². The average Bonchev–Trinajstić information content (AvgIpc) is 3.33. The molecule has 0 saturated heterocycles. The van der Waals surface area contributed by atoms with E-state index in [9.17, 15) is 19.5 Å². The minimum absolute atomic E-state index is 0.0436. The molecule has 8 nitrogen and oxygen atoms in total. The standard InChI is InChI=1S/C62H119NO7/c1-6-8-10-12-14-16-18-20-22-24-26-28-30-32-34-36-38-40-42-44-46-48-50-52-60(64)69-57-58(56-68-55-54-59(62(66)67)63(3,4)5)70-61(65)53-51-49-47-45-43-41-39-37-35-33-31-29-27-25-23-21-19-17-15-13-11-9-7-2/h25,27,58-59H,6-24,26,28-57H2,1-5H3/p+1/b27-25-. The summed E-state index contributed by atoms with van der Waals surface area (Å²) in [5.74, 6) is -1.44. The zero-order valence-corrected chi connectivity index (χ0v) is 47.5. The fourth-order valence-corrected chi connectivity index (χ4v) is 9.68. The number of hydrogen-bond donors (Lipinski definition) is 1. The highest BCUT2D eigenvalue weighted by molar-refractivity contribution is 5.72. The van der Waals surface area contributed by atoms with Gasteiger partial charge in [-0.3, -0.25) is 9.59 Å². The van der Waals surface area contributed by atoms with Crippen LogP contribution in [-0.2, 0) is 28.6 Å². The van der Waals surface area contributed by atoms with E-state index in [-0.39, 0.29) is 36.2 Å². The predicted octanol–water partition coefficient (Wildman–Crippen LogP) is 18.5. The molecular formula is C62H120NO7+. The number of ether oxygens (including phenoxy) is 3. The van der Waals surface area contributed by atoms with Crippen molar-refractivity contribution in [3.8, 4) is 0 Å². The van der Waals surface area contributed by atoms with E-state index in [1.54, 1.807) is 0 Å². The van der Waals surface area contributed by atoms with Crippen LogP contribution in [0.3, 0.4) is 0 Å². The molecule has 8 heteroatoms. The first-order valence-corrected chi connectivity index (χ1v) is 30.7. The van der Waals surface area contributed by atoms with Crippen molar-refractivity contribution in [2.45, 2.75) is 328 Å². The van der Waals surface area contributed by atoms with Crippen LogP contribution in [0, 0.1) is 0 Å². The first-order valence-electron chi connectivity index (χ1n) is 30.7. The van der Waals surface area contributed by atoms with Crippen LogP contribution in [0.5, 0.6) is 0 Å². The number of allylic oxidation sites excluding steroid dienone is 2. The van der Waals surface area contributed by atoms with E-state index >= 15 is 0 Å². The normalized spacial score (nSPS) is 12.8. The van der Waals surface area contributed by atoms with Crippen molar-refractivity contribution in [2.24, 2.45) is 0 Å². The Hall–Kier alpha value is -1.93. The Bertz CT molecular complexity index is 1150. The van der Waals surface area contributed by atoms with Gasteiger partial charge in [0, 0.05) is 19.3 Å². The maximum absolute atomic E-state index is 12.9. The highest BCUT2D eigenvalue weighted by atomic mass is 16.6. The third-order valence-electron chi connectivity index (χ3n) is 14.4. The van der Waals surface area contributed by atoms with Gasteiger partial charge in [-0.15, -0.1) is 0 Å². The van der Waals surface area contributed by atoms with Crippen LogP contribution in [0.2, 0.25) is 0 Å². The Morgan fingerprint density at radius 2 is 0.714 bits per heavy atom. The van der Waals surface area contributed by atoms with Gasteiger partial charge in [0.2, 0.25) is 0 Å². The molecule has 0 aliphatic heterocycles. The van der Waals surface area contributed by atoms with Crippen molar-refractivity contribution in [3.05, 3.63) is 12.2 Å². The van der Waals surface area contributed by atoms with Crippen molar-refractivity contribution >= 4 is 17.9 Å². The monoisotopic (exact) mass is 991 g/mol. The van der Waals surface area contributed by atoms with Gasteiger partial charge in [-0.05, 0) is 38.5 Å².